The number of fused-ring (bicyclic) bond motifs is 1. The Labute approximate surface area is 169 Å². The molecule has 0 spiro atoms. The number of rotatable bonds is 6. The van der Waals surface area contributed by atoms with Crippen molar-refractivity contribution in [3.63, 3.8) is 0 Å². The highest BCUT2D eigenvalue weighted by Crippen LogP contribution is 2.28. The summed E-state index contributed by atoms with van der Waals surface area (Å²) in [4.78, 5) is 12.6. The Hall–Kier alpha value is -2.60. The molecule has 1 aliphatic carbocycles. The summed E-state index contributed by atoms with van der Waals surface area (Å²) in [6.07, 6.45) is 4.58. The third kappa shape index (κ3) is 4.28. The van der Waals surface area contributed by atoms with E-state index in [-0.39, 0.29) is 5.91 Å². The third-order valence-electron chi connectivity index (χ3n) is 5.09. The number of thioether (sulfide) groups is 1. The predicted molar refractivity (Wildman–Crippen MR) is 113 cm³/mol. The minimum Gasteiger partial charge on any atom is -0.325 e. The van der Waals surface area contributed by atoms with Crippen LogP contribution in [0.5, 0.6) is 0 Å². The molecule has 0 saturated carbocycles. The van der Waals surface area contributed by atoms with Gasteiger partial charge >= 0.3 is 0 Å². The van der Waals surface area contributed by atoms with E-state index >= 15 is 0 Å². The number of nitrogens with zero attached hydrogens (tertiary/aromatic N) is 3. The number of hydrogen-bond acceptors (Lipinski definition) is 4. The van der Waals surface area contributed by atoms with Gasteiger partial charge in [-0.3, -0.25) is 4.79 Å². The van der Waals surface area contributed by atoms with Gasteiger partial charge in [-0.05, 0) is 55.4 Å². The van der Waals surface area contributed by atoms with E-state index in [4.69, 9.17) is 0 Å². The molecule has 1 amide bonds. The Morgan fingerprint density at radius 3 is 2.75 bits per heavy atom. The lowest BCUT2D eigenvalue weighted by atomic mass is 9.90. The molecular weight excluding hydrogens is 368 g/mol. The van der Waals surface area contributed by atoms with E-state index in [1.807, 2.05) is 37.3 Å². The molecule has 0 fully saturated rings. The van der Waals surface area contributed by atoms with Gasteiger partial charge < -0.3 is 9.88 Å². The van der Waals surface area contributed by atoms with Crippen molar-refractivity contribution in [1.29, 1.82) is 0 Å². The zero-order valence-electron chi connectivity index (χ0n) is 16.0. The zero-order valence-corrected chi connectivity index (χ0v) is 16.8. The van der Waals surface area contributed by atoms with Crippen molar-refractivity contribution in [1.82, 2.24) is 14.8 Å². The van der Waals surface area contributed by atoms with Crippen LogP contribution in [0.2, 0.25) is 0 Å². The van der Waals surface area contributed by atoms with Gasteiger partial charge in [-0.2, -0.15) is 0 Å². The number of benzene rings is 2. The molecule has 0 radical (unpaired) electrons. The fourth-order valence-corrected chi connectivity index (χ4v) is 4.41. The average molecular weight is 393 g/mol. The highest BCUT2D eigenvalue weighted by Gasteiger charge is 2.16. The molecule has 0 aliphatic heterocycles. The molecule has 0 atom stereocenters. The van der Waals surface area contributed by atoms with Gasteiger partial charge in [0.2, 0.25) is 5.91 Å². The lowest BCUT2D eigenvalue weighted by molar-refractivity contribution is -0.113. The maximum atomic E-state index is 12.6. The highest BCUT2D eigenvalue weighted by atomic mass is 32.2. The number of amides is 1. The van der Waals surface area contributed by atoms with Crippen LogP contribution in [0, 0.1) is 6.92 Å². The molecule has 5 nitrogen and oxygen atoms in total. The summed E-state index contributed by atoms with van der Waals surface area (Å²) in [6.45, 7) is 2.64. The second kappa shape index (κ2) is 8.61. The van der Waals surface area contributed by atoms with Gasteiger partial charge in [0, 0.05) is 5.69 Å². The van der Waals surface area contributed by atoms with E-state index in [0.29, 0.717) is 12.3 Å². The fourth-order valence-electron chi connectivity index (χ4n) is 3.63. The second-order valence-corrected chi connectivity index (χ2v) is 8.03. The minimum atomic E-state index is -0.00381. The van der Waals surface area contributed by atoms with Crippen LogP contribution in [0.4, 0.5) is 5.69 Å². The monoisotopic (exact) mass is 392 g/mol. The van der Waals surface area contributed by atoms with Crippen LogP contribution in [0.3, 0.4) is 0 Å². The molecule has 0 saturated heterocycles. The maximum Gasteiger partial charge on any atom is 0.234 e. The van der Waals surface area contributed by atoms with E-state index in [0.717, 1.165) is 29.5 Å². The maximum absolute atomic E-state index is 12.6. The topological polar surface area (TPSA) is 59.8 Å². The summed E-state index contributed by atoms with van der Waals surface area (Å²) in [5.41, 5.74) is 4.82. The molecule has 0 unspecified atom stereocenters. The summed E-state index contributed by atoms with van der Waals surface area (Å²) in [6, 6.07) is 16.4. The standard InChI is InChI=1S/C22H24N4OS/c1-16-24-25-22(26(16)14-17-8-3-2-4-9-17)28-15-21(27)23-20-13-7-11-18-10-5-6-12-19(18)20/h2-4,7-9,11,13H,5-6,10,12,14-15H2,1H3,(H,23,27). The van der Waals surface area contributed by atoms with Crippen molar-refractivity contribution in [3.05, 3.63) is 71.0 Å². The zero-order chi connectivity index (χ0) is 19.3. The number of aryl methyl sites for hydroxylation is 2. The van der Waals surface area contributed by atoms with Crippen LogP contribution in [0.15, 0.2) is 53.7 Å². The van der Waals surface area contributed by atoms with Crippen LogP contribution >= 0.6 is 11.8 Å². The Morgan fingerprint density at radius 2 is 1.89 bits per heavy atom. The van der Waals surface area contributed by atoms with Crippen molar-refractivity contribution in [2.45, 2.75) is 44.3 Å². The van der Waals surface area contributed by atoms with E-state index < -0.39 is 0 Å². The number of anilines is 1. The summed E-state index contributed by atoms with van der Waals surface area (Å²) < 4.78 is 2.05. The molecule has 0 bridgehead atoms. The molecule has 2 aromatic carbocycles. The molecule has 1 heterocycles. The normalized spacial score (nSPS) is 13.2. The van der Waals surface area contributed by atoms with E-state index in [1.54, 1.807) is 0 Å². The van der Waals surface area contributed by atoms with E-state index in [9.17, 15) is 4.79 Å². The first kappa shape index (κ1) is 18.7. The van der Waals surface area contributed by atoms with Gasteiger partial charge in [0.1, 0.15) is 5.82 Å². The number of aromatic nitrogens is 3. The highest BCUT2D eigenvalue weighted by molar-refractivity contribution is 7.99. The second-order valence-electron chi connectivity index (χ2n) is 7.09. The van der Waals surface area contributed by atoms with Gasteiger partial charge in [0.25, 0.3) is 0 Å². The number of hydrogen-bond donors (Lipinski definition) is 1. The molecule has 1 aromatic heterocycles. The summed E-state index contributed by atoms with van der Waals surface area (Å²) in [5.74, 6) is 1.16. The van der Waals surface area contributed by atoms with Gasteiger partial charge in [-0.1, -0.05) is 54.2 Å². The van der Waals surface area contributed by atoms with Crippen LogP contribution < -0.4 is 5.32 Å². The number of nitrogens with one attached hydrogen (secondary N) is 1. The lowest BCUT2D eigenvalue weighted by Crippen LogP contribution is -2.17. The van der Waals surface area contributed by atoms with Crippen LogP contribution in [0.25, 0.3) is 0 Å². The summed E-state index contributed by atoms with van der Waals surface area (Å²) >= 11 is 1.43. The molecule has 6 heteroatoms. The molecule has 4 rings (SSSR count). The van der Waals surface area contributed by atoms with E-state index in [1.165, 1.54) is 41.3 Å². The summed E-state index contributed by atoms with van der Waals surface area (Å²) in [5, 5.41) is 12.3. The van der Waals surface area contributed by atoms with Crippen molar-refractivity contribution in [3.8, 4) is 0 Å². The van der Waals surface area contributed by atoms with Gasteiger partial charge in [-0.25, -0.2) is 0 Å². The van der Waals surface area contributed by atoms with Crippen LogP contribution in [0.1, 0.15) is 35.4 Å². The predicted octanol–water partition coefficient (Wildman–Crippen LogP) is 4.24. The van der Waals surface area contributed by atoms with E-state index in [2.05, 4.69) is 38.3 Å². The first-order valence-corrected chi connectivity index (χ1v) is 10.7. The fraction of sp³-hybridized carbons (Fsp3) is 0.318. The molecule has 1 N–H and O–H groups in total. The number of carbonyl (C=O) groups is 1. The minimum absolute atomic E-state index is 0.00381. The van der Waals surface area contributed by atoms with Crippen molar-refractivity contribution in [2.24, 2.45) is 0 Å². The Morgan fingerprint density at radius 1 is 1.07 bits per heavy atom. The quantitative estimate of drug-likeness (QED) is 0.637. The SMILES string of the molecule is Cc1nnc(SCC(=O)Nc2cccc3c2CCCC3)n1Cc1ccccc1. The molecule has 3 aromatic rings. The smallest absolute Gasteiger partial charge is 0.234 e. The first-order chi connectivity index (χ1) is 13.7. The van der Waals surface area contributed by atoms with Crippen LogP contribution in [-0.2, 0) is 24.2 Å². The van der Waals surface area contributed by atoms with Gasteiger partial charge in [0.15, 0.2) is 5.16 Å². The Bertz CT molecular complexity index is 968. The Balaban J connectivity index is 1.41. The molecule has 1 aliphatic rings. The lowest BCUT2D eigenvalue weighted by Gasteiger charge is -2.19. The molecule has 28 heavy (non-hydrogen) atoms. The summed E-state index contributed by atoms with van der Waals surface area (Å²) in [7, 11) is 0. The van der Waals surface area contributed by atoms with Gasteiger partial charge in [0.05, 0.1) is 12.3 Å². The number of carbonyl (C=O) groups excluding carboxylic acids is 1. The third-order valence-corrected chi connectivity index (χ3v) is 6.05. The largest absolute Gasteiger partial charge is 0.325 e. The first-order valence-electron chi connectivity index (χ1n) is 9.68. The molecular formula is C22H24N4OS. The van der Waals surface area contributed by atoms with Crippen LogP contribution in [-0.4, -0.2) is 26.4 Å². The Kier molecular flexibility index (Phi) is 5.76. The van der Waals surface area contributed by atoms with Crippen molar-refractivity contribution < 1.29 is 4.79 Å². The van der Waals surface area contributed by atoms with Crippen molar-refractivity contribution in [2.75, 3.05) is 11.1 Å². The van der Waals surface area contributed by atoms with Gasteiger partial charge in [-0.15, -0.1) is 10.2 Å². The molecule has 144 valence electrons. The van der Waals surface area contributed by atoms with Crippen molar-refractivity contribution >= 4 is 23.4 Å². The average Bonchev–Trinajstić information content (AvgIpc) is 3.07.